The highest BCUT2D eigenvalue weighted by Gasteiger charge is 2.16. The van der Waals surface area contributed by atoms with Crippen LogP contribution in [0.15, 0.2) is 54.7 Å². The molecule has 0 saturated heterocycles. The minimum Gasteiger partial charge on any atom is -0.374 e. The summed E-state index contributed by atoms with van der Waals surface area (Å²) in [6.45, 7) is 1.07. The lowest BCUT2D eigenvalue weighted by atomic mass is 9.99. The van der Waals surface area contributed by atoms with Gasteiger partial charge in [0.1, 0.15) is 0 Å². The number of rotatable bonds is 2. The van der Waals surface area contributed by atoms with Gasteiger partial charge < -0.3 is 10.2 Å². The zero-order valence-corrected chi connectivity index (χ0v) is 13.6. The Morgan fingerprint density at radius 2 is 2.04 bits per heavy atom. The van der Waals surface area contributed by atoms with Crippen molar-refractivity contribution in [1.82, 2.24) is 4.98 Å². The van der Waals surface area contributed by atoms with Crippen LogP contribution in [0.4, 0.5) is 11.4 Å². The molecular formula is C20H19N3O. The van der Waals surface area contributed by atoms with E-state index in [0.29, 0.717) is 11.3 Å². The number of hydrogen-bond donors (Lipinski definition) is 1. The molecular weight excluding hydrogens is 298 g/mol. The monoisotopic (exact) mass is 317 g/mol. The van der Waals surface area contributed by atoms with Crippen molar-refractivity contribution in [2.75, 3.05) is 23.8 Å². The lowest BCUT2D eigenvalue weighted by molar-refractivity contribution is 0.102. The van der Waals surface area contributed by atoms with E-state index in [1.807, 2.05) is 48.5 Å². The predicted octanol–water partition coefficient (Wildman–Crippen LogP) is 3.87. The molecule has 2 heterocycles. The molecule has 0 aliphatic carbocycles. The number of carbonyl (C=O) groups is 1. The maximum Gasteiger partial charge on any atom is 0.255 e. The number of pyridine rings is 1. The number of anilines is 2. The molecule has 4 rings (SSSR count). The molecule has 0 spiro atoms. The van der Waals surface area contributed by atoms with E-state index in [4.69, 9.17) is 0 Å². The number of nitrogens with zero attached hydrogens (tertiary/aromatic N) is 2. The van der Waals surface area contributed by atoms with E-state index < -0.39 is 0 Å². The van der Waals surface area contributed by atoms with E-state index in [1.54, 1.807) is 6.20 Å². The Hall–Kier alpha value is -2.88. The molecule has 4 nitrogen and oxygen atoms in total. The van der Waals surface area contributed by atoms with E-state index in [2.05, 4.69) is 22.2 Å². The minimum absolute atomic E-state index is 0.0943. The van der Waals surface area contributed by atoms with Gasteiger partial charge in [0, 0.05) is 30.2 Å². The fraction of sp³-hybridized carbons (Fsp3) is 0.200. The van der Waals surface area contributed by atoms with Crippen LogP contribution in [0, 0.1) is 0 Å². The van der Waals surface area contributed by atoms with Gasteiger partial charge in [0.15, 0.2) is 0 Å². The topological polar surface area (TPSA) is 45.2 Å². The second-order valence-electron chi connectivity index (χ2n) is 6.24. The molecule has 1 N–H and O–H groups in total. The third-order valence-electron chi connectivity index (χ3n) is 4.54. The number of aromatic nitrogens is 1. The standard InChI is InChI=1S/C20H19N3O/c1-23-10-4-6-15-11-16(8-9-19(15)23)20(24)22-17-12-14-5-2-3-7-18(14)21-13-17/h2-3,5,7-9,11-13H,4,6,10H2,1H3,(H,22,24). The lowest BCUT2D eigenvalue weighted by Crippen LogP contribution is -2.25. The van der Waals surface area contributed by atoms with Gasteiger partial charge in [-0.25, -0.2) is 0 Å². The summed E-state index contributed by atoms with van der Waals surface area (Å²) in [4.78, 5) is 19.2. The Kier molecular flexibility index (Phi) is 3.65. The van der Waals surface area contributed by atoms with E-state index in [0.717, 1.165) is 30.3 Å². The van der Waals surface area contributed by atoms with Crippen molar-refractivity contribution in [2.45, 2.75) is 12.8 Å². The van der Waals surface area contributed by atoms with Crippen LogP contribution in [0.25, 0.3) is 10.9 Å². The number of carbonyl (C=O) groups excluding carboxylic acids is 1. The van der Waals surface area contributed by atoms with Crippen LogP contribution in [-0.4, -0.2) is 24.5 Å². The third kappa shape index (κ3) is 2.71. The first-order chi connectivity index (χ1) is 11.7. The molecule has 1 aliphatic rings. The molecule has 1 aliphatic heterocycles. The van der Waals surface area contributed by atoms with Crippen LogP contribution >= 0.6 is 0 Å². The van der Waals surface area contributed by atoms with Crippen molar-refractivity contribution in [3.05, 3.63) is 65.9 Å². The van der Waals surface area contributed by atoms with Gasteiger partial charge in [0.2, 0.25) is 0 Å². The molecule has 3 aromatic rings. The summed E-state index contributed by atoms with van der Waals surface area (Å²) in [5.41, 5.74) is 4.80. The van der Waals surface area contributed by atoms with Gasteiger partial charge in [-0.05, 0) is 48.7 Å². The van der Waals surface area contributed by atoms with Crippen molar-refractivity contribution in [3.8, 4) is 0 Å². The van der Waals surface area contributed by atoms with E-state index >= 15 is 0 Å². The van der Waals surface area contributed by atoms with Gasteiger partial charge >= 0.3 is 0 Å². The third-order valence-corrected chi connectivity index (χ3v) is 4.54. The highest BCUT2D eigenvalue weighted by molar-refractivity contribution is 6.05. The van der Waals surface area contributed by atoms with Gasteiger partial charge in [-0.2, -0.15) is 0 Å². The molecule has 0 fully saturated rings. The van der Waals surface area contributed by atoms with Crippen molar-refractivity contribution in [2.24, 2.45) is 0 Å². The lowest BCUT2D eigenvalue weighted by Gasteiger charge is -2.27. The molecule has 0 atom stereocenters. The fourth-order valence-electron chi connectivity index (χ4n) is 3.27. The first kappa shape index (κ1) is 14.7. The zero-order valence-electron chi connectivity index (χ0n) is 13.6. The van der Waals surface area contributed by atoms with Crippen LogP contribution < -0.4 is 10.2 Å². The molecule has 0 bridgehead atoms. The molecule has 1 amide bonds. The summed E-state index contributed by atoms with van der Waals surface area (Å²) in [5, 5.41) is 3.97. The Balaban J connectivity index is 1.59. The normalized spacial score (nSPS) is 13.6. The predicted molar refractivity (Wildman–Crippen MR) is 97.7 cm³/mol. The summed E-state index contributed by atoms with van der Waals surface area (Å²) in [7, 11) is 2.10. The smallest absolute Gasteiger partial charge is 0.255 e. The molecule has 2 aromatic carbocycles. The maximum atomic E-state index is 12.6. The van der Waals surface area contributed by atoms with Crippen LogP contribution in [0.5, 0.6) is 0 Å². The van der Waals surface area contributed by atoms with E-state index in [-0.39, 0.29) is 5.91 Å². The Labute approximate surface area is 141 Å². The highest BCUT2D eigenvalue weighted by Crippen LogP contribution is 2.27. The van der Waals surface area contributed by atoms with Crippen LogP contribution in [0.2, 0.25) is 0 Å². The Morgan fingerprint density at radius 1 is 1.17 bits per heavy atom. The fourth-order valence-corrected chi connectivity index (χ4v) is 3.27. The number of aryl methyl sites for hydroxylation is 1. The molecule has 120 valence electrons. The van der Waals surface area contributed by atoms with Crippen LogP contribution in [-0.2, 0) is 6.42 Å². The van der Waals surface area contributed by atoms with Crippen molar-refractivity contribution in [1.29, 1.82) is 0 Å². The number of nitrogens with one attached hydrogen (secondary N) is 1. The number of amides is 1. The van der Waals surface area contributed by atoms with Gasteiger partial charge in [-0.3, -0.25) is 9.78 Å². The van der Waals surface area contributed by atoms with Crippen molar-refractivity contribution in [3.63, 3.8) is 0 Å². The number of fused-ring (bicyclic) bond motifs is 2. The first-order valence-electron chi connectivity index (χ1n) is 8.21. The number of benzene rings is 2. The van der Waals surface area contributed by atoms with Gasteiger partial charge in [-0.1, -0.05) is 18.2 Å². The van der Waals surface area contributed by atoms with E-state index in [1.165, 1.54) is 11.3 Å². The SMILES string of the molecule is CN1CCCc2cc(C(=O)Nc3cnc4ccccc4c3)ccc21. The minimum atomic E-state index is -0.0943. The highest BCUT2D eigenvalue weighted by atomic mass is 16.1. The quantitative estimate of drug-likeness (QED) is 0.780. The largest absolute Gasteiger partial charge is 0.374 e. The molecule has 0 radical (unpaired) electrons. The summed E-state index contributed by atoms with van der Waals surface area (Å²) in [5.74, 6) is -0.0943. The van der Waals surface area contributed by atoms with Crippen LogP contribution in [0.1, 0.15) is 22.3 Å². The van der Waals surface area contributed by atoms with Gasteiger partial charge in [0.25, 0.3) is 5.91 Å². The maximum absolute atomic E-state index is 12.6. The molecule has 24 heavy (non-hydrogen) atoms. The number of para-hydroxylation sites is 1. The summed E-state index contributed by atoms with van der Waals surface area (Å²) >= 11 is 0. The second-order valence-corrected chi connectivity index (χ2v) is 6.24. The molecule has 0 saturated carbocycles. The molecule has 0 unspecified atom stereocenters. The van der Waals surface area contributed by atoms with Gasteiger partial charge in [-0.15, -0.1) is 0 Å². The Morgan fingerprint density at radius 3 is 2.96 bits per heavy atom. The average Bonchev–Trinajstić information content (AvgIpc) is 2.61. The average molecular weight is 317 g/mol. The number of hydrogen-bond acceptors (Lipinski definition) is 3. The second kappa shape index (κ2) is 5.96. The molecule has 1 aromatic heterocycles. The summed E-state index contributed by atoms with van der Waals surface area (Å²) in [6.07, 6.45) is 3.86. The van der Waals surface area contributed by atoms with Crippen molar-refractivity contribution < 1.29 is 4.79 Å². The Bertz CT molecular complexity index is 920. The molecule has 4 heteroatoms. The van der Waals surface area contributed by atoms with Crippen LogP contribution in [0.3, 0.4) is 0 Å². The van der Waals surface area contributed by atoms with E-state index in [9.17, 15) is 4.79 Å². The summed E-state index contributed by atoms with van der Waals surface area (Å²) in [6, 6.07) is 15.8. The zero-order chi connectivity index (χ0) is 16.5. The summed E-state index contributed by atoms with van der Waals surface area (Å²) < 4.78 is 0. The van der Waals surface area contributed by atoms with Crippen molar-refractivity contribution >= 4 is 28.2 Å². The first-order valence-corrected chi connectivity index (χ1v) is 8.21. The van der Waals surface area contributed by atoms with Gasteiger partial charge in [0.05, 0.1) is 17.4 Å².